The van der Waals surface area contributed by atoms with Crippen molar-refractivity contribution in [2.45, 2.75) is 39.7 Å². The Bertz CT molecular complexity index is 946. The summed E-state index contributed by atoms with van der Waals surface area (Å²) in [6, 6.07) is 7.64. The van der Waals surface area contributed by atoms with Gasteiger partial charge in [0.25, 0.3) is 5.91 Å². The number of amides is 1. The van der Waals surface area contributed by atoms with Gasteiger partial charge in [-0.15, -0.1) is 0 Å². The summed E-state index contributed by atoms with van der Waals surface area (Å²) in [5.41, 5.74) is 3.51. The second kappa shape index (κ2) is 8.79. The maximum absolute atomic E-state index is 12.3. The second-order valence-electron chi connectivity index (χ2n) is 6.41. The number of carbonyl (C=O) groups excluding carboxylic acids is 2. The van der Waals surface area contributed by atoms with Crippen LogP contribution >= 0.6 is 11.3 Å². The molecular formula is C20H21N3O4S. The minimum atomic E-state index is -0.907. The van der Waals surface area contributed by atoms with Gasteiger partial charge in [0, 0.05) is 23.1 Å². The number of anilines is 1. The summed E-state index contributed by atoms with van der Waals surface area (Å²) in [6.45, 7) is 5.37. The molecule has 2 aromatic heterocycles. The average Bonchev–Trinajstić information content (AvgIpc) is 3.34. The lowest BCUT2D eigenvalue weighted by Gasteiger charge is -2.16. The van der Waals surface area contributed by atoms with E-state index < -0.39 is 12.1 Å². The Labute approximate surface area is 166 Å². The van der Waals surface area contributed by atoms with Gasteiger partial charge in [0.2, 0.25) is 11.7 Å². The highest BCUT2D eigenvalue weighted by Crippen LogP contribution is 2.20. The van der Waals surface area contributed by atoms with Crippen molar-refractivity contribution in [3.8, 4) is 11.4 Å². The highest BCUT2D eigenvalue weighted by atomic mass is 32.1. The van der Waals surface area contributed by atoms with Crippen LogP contribution in [0.4, 0.5) is 5.69 Å². The Balaban J connectivity index is 1.49. The normalized spacial score (nSPS) is 11.8. The molecule has 1 atom stereocenters. The quantitative estimate of drug-likeness (QED) is 0.605. The molecule has 3 rings (SSSR count). The van der Waals surface area contributed by atoms with Crippen LogP contribution in [0, 0.1) is 13.8 Å². The number of aryl methyl sites for hydroxylation is 3. The van der Waals surface area contributed by atoms with Crippen LogP contribution in [0.3, 0.4) is 0 Å². The van der Waals surface area contributed by atoms with Crippen molar-refractivity contribution in [2.75, 3.05) is 5.32 Å². The monoisotopic (exact) mass is 399 g/mol. The van der Waals surface area contributed by atoms with Gasteiger partial charge < -0.3 is 14.6 Å². The van der Waals surface area contributed by atoms with Crippen LogP contribution in [-0.2, 0) is 20.7 Å². The number of para-hydroxylation sites is 1. The summed E-state index contributed by atoms with van der Waals surface area (Å²) in [7, 11) is 0. The largest absolute Gasteiger partial charge is 0.453 e. The molecule has 1 aromatic carbocycles. The first kappa shape index (κ1) is 19.8. The Morgan fingerprint density at radius 2 is 2.00 bits per heavy atom. The summed E-state index contributed by atoms with van der Waals surface area (Å²) in [6.07, 6.45) is -0.608. The molecule has 0 aliphatic carbocycles. The lowest BCUT2D eigenvalue weighted by molar-refractivity contribution is -0.153. The van der Waals surface area contributed by atoms with Gasteiger partial charge in [0.05, 0.1) is 6.42 Å². The molecule has 7 nitrogen and oxygen atoms in total. The van der Waals surface area contributed by atoms with E-state index in [1.807, 2.05) is 48.9 Å². The van der Waals surface area contributed by atoms with Crippen molar-refractivity contribution in [2.24, 2.45) is 0 Å². The van der Waals surface area contributed by atoms with Crippen LogP contribution in [-0.4, -0.2) is 28.1 Å². The molecule has 0 unspecified atom stereocenters. The van der Waals surface area contributed by atoms with Crippen LogP contribution in [0.2, 0.25) is 0 Å². The molecule has 0 aliphatic heterocycles. The molecule has 8 heteroatoms. The number of rotatable bonds is 7. The van der Waals surface area contributed by atoms with E-state index in [1.54, 1.807) is 6.92 Å². The average molecular weight is 399 g/mol. The molecule has 1 N–H and O–H groups in total. The van der Waals surface area contributed by atoms with Crippen LogP contribution in [0.5, 0.6) is 0 Å². The van der Waals surface area contributed by atoms with Crippen molar-refractivity contribution in [3.05, 3.63) is 52.0 Å². The third-order valence-electron chi connectivity index (χ3n) is 4.20. The van der Waals surface area contributed by atoms with Gasteiger partial charge in [-0.1, -0.05) is 23.4 Å². The van der Waals surface area contributed by atoms with E-state index in [4.69, 9.17) is 9.26 Å². The zero-order chi connectivity index (χ0) is 20.1. The summed E-state index contributed by atoms with van der Waals surface area (Å²) >= 11 is 1.54. The van der Waals surface area contributed by atoms with Gasteiger partial charge in [0.1, 0.15) is 0 Å². The highest BCUT2D eigenvalue weighted by molar-refractivity contribution is 7.08. The fraction of sp³-hybridized carbons (Fsp3) is 0.300. The fourth-order valence-electron chi connectivity index (χ4n) is 2.62. The number of aromatic nitrogens is 2. The standard InChI is InChI=1S/C20H21N3O4S/c1-12-5-4-6-13(2)18(12)22-20(25)14(3)26-17(24)8-7-16-21-19(23-27-16)15-9-10-28-11-15/h4-6,9-11,14H,7-8H2,1-3H3,(H,22,25)/t14-/m1/s1. The molecule has 2 heterocycles. The number of hydrogen-bond donors (Lipinski definition) is 1. The number of nitrogens with one attached hydrogen (secondary N) is 1. The van der Waals surface area contributed by atoms with Crippen molar-refractivity contribution in [1.29, 1.82) is 0 Å². The number of hydrogen-bond acceptors (Lipinski definition) is 7. The van der Waals surface area contributed by atoms with Gasteiger partial charge in [0.15, 0.2) is 6.10 Å². The zero-order valence-electron chi connectivity index (χ0n) is 15.9. The van der Waals surface area contributed by atoms with Gasteiger partial charge >= 0.3 is 5.97 Å². The molecule has 3 aromatic rings. The van der Waals surface area contributed by atoms with Crippen molar-refractivity contribution in [3.63, 3.8) is 0 Å². The number of benzene rings is 1. The predicted molar refractivity (Wildman–Crippen MR) is 106 cm³/mol. The molecule has 0 bridgehead atoms. The third kappa shape index (κ3) is 4.83. The van der Waals surface area contributed by atoms with Gasteiger partial charge in [-0.05, 0) is 43.3 Å². The summed E-state index contributed by atoms with van der Waals surface area (Å²) in [5, 5.41) is 10.6. The summed E-state index contributed by atoms with van der Waals surface area (Å²) in [5.74, 6) is -0.0283. The first-order valence-corrected chi connectivity index (χ1v) is 9.80. The number of thiophene rings is 1. The molecule has 28 heavy (non-hydrogen) atoms. The molecule has 0 aliphatic rings. The topological polar surface area (TPSA) is 94.3 Å². The predicted octanol–water partition coefficient (Wildman–Crippen LogP) is 3.92. The second-order valence-corrected chi connectivity index (χ2v) is 7.19. The number of esters is 1. The smallest absolute Gasteiger partial charge is 0.307 e. The van der Waals surface area contributed by atoms with Crippen LogP contribution in [0.15, 0.2) is 39.5 Å². The Hall–Kier alpha value is -3.00. The minimum absolute atomic E-state index is 0.0479. The first-order chi connectivity index (χ1) is 13.4. The molecule has 0 saturated heterocycles. The van der Waals surface area contributed by atoms with Crippen LogP contribution in [0.25, 0.3) is 11.4 Å². The number of ether oxygens (including phenoxy) is 1. The van der Waals surface area contributed by atoms with E-state index in [0.717, 1.165) is 22.4 Å². The molecular weight excluding hydrogens is 378 g/mol. The van der Waals surface area contributed by atoms with Gasteiger partial charge in [-0.2, -0.15) is 16.3 Å². The van der Waals surface area contributed by atoms with Crippen LogP contribution in [0.1, 0.15) is 30.4 Å². The van der Waals surface area contributed by atoms with Crippen LogP contribution < -0.4 is 5.32 Å². The van der Waals surface area contributed by atoms with Crippen molar-refractivity contribution < 1.29 is 18.8 Å². The maximum Gasteiger partial charge on any atom is 0.307 e. The lowest BCUT2D eigenvalue weighted by Crippen LogP contribution is -2.30. The van der Waals surface area contributed by atoms with E-state index in [-0.39, 0.29) is 18.7 Å². The Morgan fingerprint density at radius 1 is 1.25 bits per heavy atom. The molecule has 1 amide bonds. The molecule has 0 saturated carbocycles. The fourth-order valence-corrected chi connectivity index (χ4v) is 3.25. The number of nitrogens with zero attached hydrogens (tertiary/aromatic N) is 2. The van der Waals surface area contributed by atoms with E-state index in [9.17, 15) is 9.59 Å². The van der Waals surface area contributed by atoms with Gasteiger partial charge in [-0.3, -0.25) is 9.59 Å². The van der Waals surface area contributed by atoms with E-state index in [1.165, 1.54) is 11.3 Å². The summed E-state index contributed by atoms with van der Waals surface area (Å²) < 4.78 is 10.4. The Morgan fingerprint density at radius 3 is 2.68 bits per heavy atom. The van der Waals surface area contributed by atoms with E-state index in [0.29, 0.717) is 11.7 Å². The zero-order valence-corrected chi connectivity index (χ0v) is 16.7. The first-order valence-electron chi connectivity index (χ1n) is 8.85. The van der Waals surface area contributed by atoms with Gasteiger partial charge in [-0.25, -0.2) is 0 Å². The number of carbonyl (C=O) groups is 2. The van der Waals surface area contributed by atoms with Crippen molar-refractivity contribution >= 4 is 28.9 Å². The molecule has 0 radical (unpaired) electrons. The maximum atomic E-state index is 12.3. The van der Waals surface area contributed by atoms with Crippen molar-refractivity contribution in [1.82, 2.24) is 10.1 Å². The van der Waals surface area contributed by atoms with E-state index in [2.05, 4.69) is 15.5 Å². The molecule has 0 spiro atoms. The SMILES string of the molecule is Cc1cccc(C)c1NC(=O)[C@@H](C)OC(=O)CCc1nc(-c2ccsc2)no1. The van der Waals surface area contributed by atoms with E-state index >= 15 is 0 Å². The molecule has 0 fully saturated rings. The lowest BCUT2D eigenvalue weighted by atomic mass is 10.1. The highest BCUT2D eigenvalue weighted by Gasteiger charge is 2.20. The Kier molecular flexibility index (Phi) is 6.20. The third-order valence-corrected chi connectivity index (χ3v) is 4.88. The summed E-state index contributed by atoms with van der Waals surface area (Å²) in [4.78, 5) is 28.7. The minimum Gasteiger partial charge on any atom is -0.453 e. The molecule has 146 valence electrons.